The Kier molecular flexibility index (Phi) is 5.53. The molecule has 1 fully saturated rings. The van der Waals surface area contributed by atoms with Crippen LogP contribution in [0.15, 0.2) is 36.5 Å². The van der Waals surface area contributed by atoms with Crippen molar-refractivity contribution in [2.24, 2.45) is 0 Å². The zero-order valence-corrected chi connectivity index (χ0v) is 17.2. The van der Waals surface area contributed by atoms with Crippen molar-refractivity contribution in [3.8, 4) is 0 Å². The van der Waals surface area contributed by atoms with Crippen molar-refractivity contribution in [1.82, 2.24) is 14.8 Å². The zero-order chi connectivity index (χ0) is 21.5. The number of fused-ring (bicyclic) bond motifs is 1. The van der Waals surface area contributed by atoms with Crippen LogP contribution in [0, 0.1) is 0 Å². The van der Waals surface area contributed by atoms with Crippen LogP contribution in [-0.2, 0) is 12.8 Å². The first-order valence-electron chi connectivity index (χ1n) is 9.80. The predicted molar refractivity (Wildman–Crippen MR) is 109 cm³/mol. The molecule has 160 valence electrons. The van der Waals surface area contributed by atoms with E-state index in [2.05, 4.69) is 10.3 Å². The van der Waals surface area contributed by atoms with Gasteiger partial charge in [0.2, 0.25) is 0 Å². The topological polar surface area (TPSA) is 48.5 Å². The number of aromatic nitrogens is 1. The van der Waals surface area contributed by atoms with Gasteiger partial charge >= 0.3 is 12.2 Å². The van der Waals surface area contributed by atoms with Crippen molar-refractivity contribution in [3.63, 3.8) is 0 Å². The SMILES string of the molecule is CN1CCCN(C(c2ccc(NC3Cc4ccc(Cl)cc4C3)cn2)C(F)(F)F)C1=O. The molecule has 1 aromatic carbocycles. The second-order valence-electron chi connectivity index (χ2n) is 7.83. The molecule has 2 amide bonds. The van der Waals surface area contributed by atoms with E-state index in [1.807, 2.05) is 18.2 Å². The Labute approximate surface area is 177 Å². The molecule has 30 heavy (non-hydrogen) atoms. The number of carbonyl (C=O) groups is 1. The number of urea groups is 1. The molecule has 9 heteroatoms. The highest BCUT2D eigenvalue weighted by Gasteiger charge is 2.48. The Balaban J connectivity index is 1.49. The summed E-state index contributed by atoms with van der Waals surface area (Å²) in [6, 6.07) is 6.19. The number of alkyl halides is 3. The number of halogens is 4. The van der Waals surface area contributed by atoms with Gasteiger partial charge in [0.1, 0.15) is 0 Å². The van der Waals surface area contributed by atoms with Gasteiger partial charge in [-0.3, -0.25) is 4.98 Å². The second-order valence-corrected chi connectivity index (χ2v) is 8.27. The Bertz CT molecular complexity index is 935. The summed E-state index contributed by atoms with van der Waals surface area (Å²) in [6.07, 6.45) is -1.11. The number of pyridine rings is 1. The molecular weight excluding hydrogens is 417 g/mol. The molecule has 1 aliphatic heterocycles. The van der Waals surface area contributed by atoms with E-state index in [4.69, 9.17) is 11.6 Å². The fourth-order valence-electron chi connectivity index (χ4n) is 4.21. The van der Waals surface area contributed by atoms with Crippen LogP contribution in [0.3, 0.4) is 0 Å². The molecule has 4 rings (SSSR count). The molecule has 0 saturated carbocycles. The van der Waals surface area contributed by atoms with Crippen LogP contribution in [0.25, 0.3) is 0 Å². The van der Waals surface area contributed by atoms with Crippen LogP contribution in [0.5, 0.6) is 0 Å². The van der Waals surface area contributed by atoms with Gasteiger partial charge in [0.05, 0.1) is 17.6 Å². The van der Waals surface area contributed by atoms with Crippen LogP contribution in [0.1, 0.15) is 29.3 Å². The van der Waals surface area contributed by atoms with Crippen molar-refractivity contribution >= 4 is 23.3 Å². The number of nitrogens with one attached hydrogen (secondary N) is 1. The molecule has 2 heterocycles. The van der Waals surface area contributed by atoms with Crippen molar-refractivity contribution < 1.29 is 18.0 Å². The minimum absolute atomic E-state index is 0.0535. The van der Waals surface area contributed by atoms with Gasteiger partial charge in [-0.15, -0.1) is 0 Å². The van der Waals surface area contributed by atoms with Crippen LogP contribution >= 0.6 is 11.6 Å². The highest BCUT2D eigenvalue weighted by Crippen LogP contribution is 2.38. The summed E-state index contributed by atoms with van der Waals surface area (Å²) in [7, 11) is 1.51. The summed E-state index contributed by atoms with van der Waals surface area (Å²) >= 11 is 6.05. The lowest BCUT2D eigenvalue weighted by atomic mass is 10.1. The first-order valence-corrected chi connectivity index (χ1v) is 10.2. The van der Waals surface area contributed by atoms with E-state index in [1.165, 1.54) is 35.3 Å². The molecule has 0 bridgehead atoms. The average molecular weight is 439 g/mol. The largest absolute Gasteiger partial charge is 0.414 e. The number of benzene rings is 1. The fourth-order valence-corrected chi connectivity index (χ4v) is 4.40. The lowest BCUT2D eigenvalue weighted by molar-refractivity contribution is -0.182. The minimum Gasteiger partial charge on any atom is -0.380 e. The van der Waals surface area contributed by atoms with Crippen LogP contribution in [0.4, 0.5) is 23.7 Å². The van der Waals surface area contributed by atoms with Gasteiger partial charge in [-0.25, -0.2) is 4.79 Å². The molecule has 1 N–H and O–H groups in total. The molecule has 0 radical (unpaired) electrons. The van der Waals surface area contributed by atoms with Crippen LogP contribution in [0.2, 0.25) is 5.02 Å². The summed E-state index contributed by atoms with van der Waals surface area (Å²) in [5.41, 5.74) is 2.85. The monoisotopic (exact) mass is 438 g/mol. The molecule has 1 aliphatic carbocycles. The number of anilines is 1. The summed E-state index contributed by atoms with van der Waals surface area (Å²) in [4.78, 5) is 18.6. The number of carbonyl (C=O) groups excluding carboxylic acids is 1. The Morgan fingerprint density at radius 1 is 1.17 bits per heavy atom. The highest BCUT2D eigenvalue weighted by atomic mass is 35.5. The number of nitrogens with zero attached hydrogens (tertiary/aromatic N) is 3. The molecule has 2 atom stereocenters. The standard InChI is InChI=1S/C21H22ClF3N4O/c1-28-7-2-8-29(20(28)30)19(21(23,24)25)18-6-5-16(12-26-18)27-17-10-13-3-4-15(22)9-14(13)11-17/h3-6,9,12,17,19,27H,2,7-8,10-11H2,1H3. The van der Waals surface area contributed by atoms with E-state index in [0.29, 0.717) is 23.7 Å². The molecule has 2 unspecified atom stereocenters. The molecule has 1 saturated heterocycles. The van der Waals surface area contributed by atoms with Gasteiger partial charge in [0.15, 0.2) is 6.04 Å². The lowest BCUT2D eigenvalue weighted by Gasteiger charge is -2.39. The van der Waals surface area contributed by atoms with Crippen molar-refractivity contribution in [2.45, 2.75) is 37.5 Å². The van der Waals surface area contributed by atoms with E-state index < -0.39 is 18.2 Å². The minimum atomic E-state index is -4.61. The Morgan fingerprint density at radius 3 is 2.63 bits per heavy atom. The van der Waals surface area contributed by atoms with Gasteiger partial charge in [0.25, 0.3) is 0 Å². The molecule has 2 aromatic rings. The Morgan fingerprint density at radius 2 is 1.93 bits per heavy atom. The average Bonchev–Trinajstić information content (AvgIpc) is 3.07. The first kappa shape index (κ1) is 20.8. The van der Waals surface area contributed by atoms with E-state index >= 15 is 0 Å². The molecule has 0 spiro atoms. The van der Waals surface area contributed by atoms with Gasteiger partial charge in [-0.1, -0.05) is 17.7 Å². The van der Waals surface area contributed by atoms with Gasteiger partial charge < -0.3 is 15.1 Å². The number of rotatable bonds is 4. The zero-order valence-electron chi connectivity index (χ0n) is 16.4. The third-order valence-electron chi connectivity index (χ3n) is 5.62. The summed E-state index contributed by atoms with van der Waals surface area (Å²) in [5, 5.41) is 4.02. The maximum atomic E-state index is 13.8. The van der Waals surface area contributed by atoms with E-state index in [9.17, 15) is 18.0 Å². The smallest absolute Gasteiger partial charge is 0.380 e. The third-order valence-corrected chi connectivity index (χ3v) is 5.86. The lowest BCUT2D eigenvalue weighted by Crippen LogP contribution is -2.52. The van der Waals surface area contributed by atoms with Crippen LogP contribution < -0.4 is 5.32 Å². The van der Waals surface area contributed by atoms with Crippen molar-refractivity contribution in [3.05, 3.63) is 58.4 Å². The number of hydrogen-bond acceptors (Lipinski definition) is 3. The highest BCUT2D eigenvalue weighted by molar-refractivity contribution is 6.30. The quantitative estimate of drug-likeness (QED) is 0.754. The van der Waals surface area contributed by atoms with Crippen molar-refractivity contribution in [1.29, 1.82) is 0 Å². The van der Waals surface area contributed by atoms with E-state index in [1.54, 1.807) is 6.07 Å². The van der Waals surface area contributed by atoms with Gasteiger partial charge in [-0.05, 0) is 54.7 Å². The van der Waals surface area contributed by atoms with E-state index in [0.717, 1.165) is 17.7 Å². The maximum absolute atomic E-state index is 13.8. The van der Waals surface area contributed by atoms with Gasteiger partial charge in [0, 0.05) is 31.2 Å². The molecule has 5 nitrogen and oxygen atoms in total. The normalized spacial score (nSPS) is 20.3. The Hall–Kier alpha value is -2.48. The summed E-state index contributed by atoms with van der Waals surface area (Å²) in [5.74, 6) is 0. The third kappa shape index (κ3) is 4.19. The maximum Gasteiger partial charge on any atom is 0.414 e. The summed E-state index contributed by atoms with van der Waals surface area (Å²) < 4.78 is 41.5. The first-order chi connectivity index (χ1) is 14.2. The predicted octanol–water partition coefficient (Wildman–Crippen LogP) is 4.68. The molecular formula is C21H22ClF3N4O. The molecule has 1 aromatic heterocycles. The van der Waals surface area contributed by atoms with Crippen LogP contribution in [-0.4, -0.2) is 53.2 Å². The summed E-state index contributed by atoms with van der Waals surface area (Å²) in [6.45, 7) is 0.503. The number of amides is 2. The van der Waals surface area contributed by atoms with Gasteiger partial charge in [-0.2, -0.15) is 13.2 Å². The number of hydrogen-bond donors (Lipinski definition) is 1. The van der Waals surface area contributed by atoms with E-state index in [-0.39, 0.29) is 18.3 Å². The fraction of sp³-hybridized carbons (Fsp3) is 0.429. The molecule has 2 aliphatic rings. The van der Waals surface area contributed by atoms with Crippen molar-refractivity contribution in [2.75, 3.05) is 25.5 Å². The second kappa shape index (κ2) is 7.98.